The molecular formula is C18H15N7O3. The van der Waals surface area contributed by atoms with Crippen molar-refractivity contribution in [2.24, 2.45) is 5.10 Å². The van der Waals surface area contributed by atoms with E-state index in [-0.39, 0.29) is 5.95 Å². The second-order valence-electron chi connectivity index (χ2n) is 5.94. The lowest BCUT2D eigenvalue weighted by molar-refractivity contribution is -0.385. The molecule has 140 valence electrons. The Morgan fingerprint density at radius 3 is 2.89 bits per heavy atom. The van der Waals surface area contributed by atoms with Crippen molar-refractivity contribution in [2.75, 3.05) is 5.43 Å². The van der Waals surface area contributed by atoms with Crippen molar-refractivity contribution < 1.29 is 10.0 Å². The summed E-state index contributed by atoms with van der Waals surface area (Å²) in [6.45, 7) is 2.75. The molecule has 0 fully saturated rings. The van der Waals surface area contributed by atoms with E-state index in [0.717, 1.165) is 17.4 Å². The molecule has 0 unspecified atom stereocenters. The minimum Gasteiger partial charge on any atom is -0.502 e. The largest absolute Gasteiger partial charge is 0.502 e. The van der Waals surface area contributed by atoms with Crippen LogP contribution in [-0.2, 0) is 6.54 Å². The number of hydrogen-bond acceptors (Lipinski definition) is 8. The number of aromatic nitrogens is 4. The van der Waals surface area contributed by atoms with Gasteiger partial charge in [0.1, 0.15) is 5.52 Å². The van der Waals surface area contributed by atoms with Crippen LogP contribution in [0.25, 0.3) is 22.1 Å². The molecule has 10 nitrogen and oxygen atoms in total. The van der Waals surface area contributed by atoms with E-state index in [1.165, 1.54) is 24.4 Å². The molecule has 2 heterocycles. The molecule has 2 aromatic heterocycles. The van der Waals surface area contributed by atoms with Crippen LogP contribution >= 0.6 is 0 Å². The predicted octanol–water partition coefficient (Wildman–Crippen LogP) is 3.06. The third kappa shape index (κ3) is 2.96. The van der Waals surface area contributed by atoms with Gasteiger partial charge >= 0.3 is 5.69 Å². The first-order valence-electron chi connectivity index (χ1n) is 8.46. The molecule has 2 N–H and O–H groups in total. The Bertz CT molecular complexity index is 1230. The maximum Gasteiger partial charge on any atom is 0.311 e. The molecular weight excluding hydrogens is 362 g/mol. The van der Waals surface area contributed by atoms with Crippen molar-refractivity contribution in [3.05, 3.63) is 58.1 Å². The number of anilines is 1. The number of nitro benzene ring substituents is 1. The highest BCUT2D eigenvalue weighted by molar-refractivity contribution is 6.04. The summed E-state index contributed by atoms with van der Waals surface area (Å²) in [4.78, 5) is 14.7. The van der Waals surface area contributed by atoms with E-state index in [1.54, 1.807) is 0 Å². The third-order valence-corrected chi connectivity index (χ3v) is 4.26. The molecule has 28 heavy (non-hydrogen) atoms. The highest BCUT2D eigenvalue weighted by Crippen LogP contribution is 2.27. The van der Waals surface area contributed by atoms with E-state index in [1.807, 2.05) is 35.8 Å². The van der Waals surface area contributed by atoms with Gasteiger partial charge in [-0.2, -0.15) is 10.1 Å². The van der Waals surface area contributed by atoms with Crippen molar-refractivity contribution in [3.63, 3.8) is 0 Å². The van der Waals surface area contributed by atoms with Crippen molar-refractivity contribution in [2.45, 2.75) is 13.5 Å². The Balaban J connectivity index is 1.64. The van der Waals surface area contributed by atoms with Crippen LogP contribution in [-0.4, -0.2) is 36.0 Å². The topological polar surface area (TPSA) is 131 Å². The van der Waals surface area contributed by atoms with Gasteiger partial charge in [0, 0.05) is 23.6 Å². The van der Waals surface area contributed by atoms with Crippen LogP contribution in [0.15, 0.2) is 47.6 Å². The monoisotopic (exact) mass is 377 g/mol. The summed E-state index contributed by atoms with van der Waals surface area (Å²) in [5.74, 6) is -0.199. The second-order valence-corrected chi connectivity index (χ2v) is 5.94. The molecule has 0 bridgehead atoms. The fraction of sp³-hybridized carbons (Fsp3) is 0.111. The average molecular weight is 377 g/mol. The highest BCUT2D eigenvalue weighted by atomic mass is 16.6. The molecule has 4 aromatic rings. The molecule has 0 aliphatic carbocycles. The van der Waals surface area contributed by atoms with Crippen LogP contribution in [0.5, 0.6) is 5.75 Å². The van der Waals surface area contributed by atoms with Crippen LogP contribution in [0.1, 0.15) is 12.5 Å². The van der Waals surface area contributed by atoms with E-state index in [9.17, 15) is 15.2 Å². The standard InChI is InChI=1S/C18H15N7O3/c1-2-24-13-6-4-3-5-12(13)16-17(24)20-18(23-21-16)22-19-10-11-7-8-15(26)14(9-11)25(27)28/h3-10,26H,2H2,1H3,(H,20,22,23)/b19-10+. The molecule has 4 rings (SSSR count). The van der Waals surface area contributed by atoms with E-state index >= 15 is 0 Å². The van der Waals surface area contributed by atoms with Gasteiger partial charge in [0.15, 0.2) is 11.4 Å². The number of para-hydroxylation sites is 1. The number of fused-ring (bicyclic) bond motifs is 3. The van der Waals surface area contributed by atoms with E-state index in [0.29, 0.717) is 16.7 Å². The number of rotatable bonds is 5. The molecule has 0 atom stereocenters. The third-order valence-electron chi connectivity index (χ3n) is 4.26. The van der Waals surface area contributed by atoms with Crippen molar-refractivity contribution in [1.82, 2.24) is 19.7 Å². The molecule has 2 aromatic carbocycles. The van der Waals surface area contributed by atoms with Gasteiger partial charge in [0.2, 0.25) is 0 Å². The minimum absolute atomic E-state index is 0.203. The number of aryl methyl sites for hydroxylation is 1. The molecule has 0 spiro atoms. The molecule has 0 saturated heterocycles. The first-order chi connectivity index (χ1) is 13.6. The Morgan fingerprint density at radius 2 is 2.11 bits per heavy atom. The van der Waals surface area contributed by atoms with Crippen LogP contribution < -0.4 is 5.43 Å². The first kappa shape index (κ1) is 17.3. The smallest absolute Gasteiger partial charge is 0.311 e. The number of hydrogen-bond donors (Lipinski definition) is 2. The molecule has 0 saturated carbocycles. The van der Waals surface area contributed by atoms with Crippen molar-refractivity contribution in [3.8, 4) is 5.75 Å². The average Bonchev–Trinajstić information content (AvgIpc) is 3.02. The van der Waals surface area contributed by atoms with Gasteiger partial charge in [-0.05, 0) is 25.1 Å². The molecule has 0 aliphatic rings. The van der Waals surface area contributed by atoms with Gasteiger partial charge in [-0.15, -0.1) is 10.2 Å². The lowest BCUT2D eigenvalue weighted by atomic mass is 10.2. The number of aromatic hydroxyl groups is 1. The van der Waals surface area contributed by atoms with Gasteiger partial charge in [-0.3, -0.25) is 10.1 Å². The number of nitro groups is 1. The zero-order valence-electron chi connectivity index (χ0n) is 14.8. The van der Waals surface area contributed by atoms with Gasteiger partial charge in [-0.25, -0.2) is 5.43 Å². The summed E-state index contributed by atoms with van der Waals surface area (Å²) >= 11 is 0. The molecule has 0 radical (unpaired) electrons. The molecule has 0 amide bonds. The van der Waals surface area contributed by atoms with E-state index in [2.05, 4.69) is 25.7 Å². The summed E-state index contributed by atoms with van der Waals surface area (Å²) < 4.78 is 2.04. The Hall–Kier alpha value is -4.08. The van der Waals surface area contributed by atoms with Gasteiger partial charge < -0.3 is 9.67 Å². The fourth-order valence-corrected chi connectivity index (χ4v) is 3.00. The maximum absolute atomic E-state index is 10.9. The summed E-state index contributed by atoms with van der Waals surface area (Å²) in [6, 6.07) is 11.8. The molecule has 10 heteroatoms. The van der Waals surface area contributed by atoms with Gasteiger partial charge in [0.05, 0.1) is 16.7 Å². The van der Waals surface area contributed by atoms with Crippen LogP contribution in [0.2, 0.25) is 0 Å². The van der Waals surface area contributed by atoms with Gasteiger partial charge in [-0.1, -0.05) is 18.2 Å². The Kier molecular flexibility index (Phi) is 4.28. The summed E-state index contributed by atoms with van der Waals surface area (Å²) in [7, 11) is 0. The first-order valence-corrected chi connectivity index (χ1v) is 8.46. The number of nitrogens with zero attached hydrogens (tertiary/aromatic N) is 6. The van der Waals surface area contributed by atoms with E-state index < -0.39 is 16.4 Å². The van der Waals surface area contributed by atoms with Gasteiger partial charge in [0.25, 0.3) is 5.95 Å². The fourth-order valence-electron chi connectivity index (χ4n) is 3.00. The van der Waals surface area contributed by atoms with Crippen LogP contribution in [0.3, 0.4) is 0 Å². The van der Waals surface area contributed by atoms with Crippen LogP contribution in [0, 0.1) is 10.1 Å². The maximum atomic E-state index is 10.9. The summed E-state index contributed by atoms with van der Waals surface area (Å²) in [5, 5.41) is 33.7. The quantitative estimate of drug-likeness (QED) is 0.310. The Labute approximate surface area is 158 Å². The van der Waals surface area contributed by atoms with Crippen molar-refractivity contribution >= 4 is 39.9 Å². The van der Waals surface area contributed by atoms with E-state index in [4.69, 9.17) is 0 Å². The lowest BCUT2D eigenvalue weighted by Gasteiger charge is -2.02. The predicted molar refractivity (Wildman–Crippen MR) is 104 cm³/mol. The Morgan fingerprint density at radius 1 is 1.29 bits per heavy atom. The second kappa shape index (κ2) is 6.91. The zero-order valence-corrected chi connectivity index (χ0v) is 14.8. The SMILES string of the molecule is CCn1c2ccccc2c2nnc(N/N=C/c3ccc(O)c([N+](=O)[O-])c3)nc21. The summed E-state index contributed by atoms with van der Waals surface area (Å²) in [5.41, 5.74) is 5.16. The summed E-state index contributed by atoms with van der Waals surface area (Å²) in [6.07, 6.45) is 1.37. The lowest BCUT2D eigenvalue weighted by Crippen LogP contribution is -2.02. The number of phenols is 1. The molecule has 0 aliphatic heterocycles. The van der Waals surface area contributed by atoms with Crippen molar-refractivity contribution in [1.29, 1.82) is 0 Å². The number of hydrazone groups is 1. The van der Waals surface area contributed by atoms with Crippen LogP contribution in [0.4, 0.5) is 11.6 Å². The normalized spacial score (nSPS) is 11.5. The number of benzene rings is 2. The highest BCUT2D eigenvalue weighted by Gasteiger charge is 2.14. The number of nitrogens with one attached hydrogen (secondary N) is 1. The zero-order chi connectivity index (χ0) is 19.7. The minimum atomic E-state index is -0.662. The number of phenolic OH excluding ortho intramolecular Hbond substituents is 1.